The maximum atomic E-state index is 10.3. The summed E-state index contributed by atoms with van der Waals surface area (Å²) >= 11 is 3.33. The standard InChI is InChI=1S/C11H13BrO4/c1-2-15-9-5-8(12)6-10(7-9)16-4-3-11(13)14/h5-7H,2-4H2,1H3,(H,13,14). The second-order valence-electron chi connectivity index (χ2n) is 3.05. The van der Waals surface area contributed by atoms with Crippen molar-refractivity contribution < 1.29 is 19.4 Å². The van der Waals surface area contributed by atoms with Gasteiger partial charge in [-0.3, -0.25) is 4.79 Å². The average molecular weight is 289 g/mol. The molecule has 1 N–H and O–H groups in total. The van der Waals surface area contributed by atoms with E-state index in [1.807, 2.05) is 13.0 Å². The summed E-state index contributed by atoms with van der Waals surface area (Å²) in [5, 5.41) is 8.47. The molecule has 0 aliphatic carbocycles. The largest absolute Gasteiger partial charge is 0.494 e. The van der Waals surface area contributed by atoms with Crippen LogP contribution in [0.2, 0.25) is 0 Å². The number of hydrogen-bond donors (Lipinski definition) is 1. The summed E-state index contributed by atoms with van der Waals surface area (Å²) in [5.74, 6) is 0.418. The van der Waals surface area contributed by atoms with E-state index < -0.39 is 5.97 Å². The molecule has 0 aromatic heterocycles. The molecule has 1 aromatic rings. The lowest BCUT2D eigenvalue weighted by Crippen LogP contribution is -2.05. The minimum Gasteiger partial charge on any atom is -0.494 e. The summed E-state index contributed by atoms with van der Waals surface area (Å²) < 4.78 is 11.5. The van der Waals surface area contributed by atoms with E-state index in [2.05, 4.69) is 15.9 Å². The number of carboxylic acid groups (broad SMARTS) is 1. The predicted octanol–water partition coefficient (Wildman–Crippen LogP) is 2.70. The zero-order chi connectivity index (χ0) is 12.0. The Labute approximate surface area is 102 Å². The van der Waals surface area contributed by atoms with E-state index in [0.29, 0.717) is 18.1 Å². The summed E-state index contributed by atoms with van der Waals surface area (Å²) in [7, 11) is 0. The SMILES string of the molecule is CCOc1cc(Br)cc(OCCC(=O)O)c1. The van der Waals surface area contributed by atoms with Gasteiger partial charge < -0.3 is 14.6 Å². The summed E-state index contributed by atoms with van der Waals surface area (Å²) in [4.78, 5) is 10.3. The molecule has 88 valence electrons. The smallest absolute Gasteiger partial charge is 0.306 e. The summed E-state index contributed by atoms with van der Waals surface area (Å²) in [6.45, 7) is 2.62. The topological polar surface area (TPSA) is 55.8 Å². The Morgan fingerprint density at radius 1 is 1.31 bits per heavy atom. The van der Waals surface area contributed by atoms with Crippen LogP contribution in [0.4, 0.5) is 0 Å². The van der Waals surface area contributed by atoms with Crippen molar-refractivity contribution in [2.45, 2.75) is 13.3 Å². The lowest BCUT2D eigenvalue weighted by molar-refractivity contribution is -0.137. The second kappa shape index (κ2) is 6.37. The highest BCUT2D eigenvalue weighted by Gasteiger charge is 2.02. The summed E-state index contributed by atoms with van der Waals surface area (Å²) in [6, 6.07) is 5.33. The van der Waals surface area contributed by atoms with E-state index in [9.17, 15) is 4.79 Å². The fourth-order valence-electron chi connectivity index (χ4n) is 1.13. The van der Waals surface area contributed by atoms with Gasteiger partial charge in [0.15, 0.2) is 0 Å². The van der Waals surface area contributed by atoms with E-state index in [-0.39, 0.29) is 13.0 Å². The van der Waals surface area contributed by atoms with Crippen molar-refractivity contribution >= 4 is 21.9 Å². The Kier molecular flexibility index (Phi) is 5.11. The molecule has 0 amide bonds. The van der Waals surface area contributed by atoms with Crippen LogP contribution >= 0.6 is 15.9 Å². The molecule has 0 aliphatic heterocycles. The van der Waals surface area contributed by atoms with Gasteiger partial charge in [0, 0.05) is 10.5 Å². The number of ether oxygens (including phenoxy) is 2. The van der Waals surface area contributed by atoms with Gasteiger partial charge >= 0.3 is 5.97 Å². The fraction of sp³-hybridized carbons (Fsp3) is 0.364. The van der Waals surface area contributed by atoms with Gasteiger partial charge in [-0.15, -0.1) is 0 Å². The molecule has 0 saturated heterocycles. The molecule has 0 heterocycles. The molecule has 16 heavy (non-hydrogen) atoms. The van der Waals surface area contributed by atoms with E-state index in [4.69, 9.17) is 14.6 Å². The zero-order valence-corrected chi connectivity index (χ0v) is 10.5. The van der Waals surface area contributed by atoms with Crippen molar-refractivity contribution in [1.82, 2.24) is 0 Å². The van der Waals surface area contributed by atoms with Crippen molar-refractivity contribution in [3.63, 3.8) is 0 Å². The molecule has 1 rings (SSSR count). The predicted molar refractivity (Wildman–Crippen MR) is 63.1 cm³/mol. The fourth-order valence-corrected chi connectivity index (χ4v) is 1.58. The molecule has 0 bridgehead atoms. The quantitative estimate of drug-likeness (QED) is 0.874. The molecule has 0 unspecified atom stereocenters. The van der Waals surface area contributed by atoms with Gasteiger partial charge in [-0.1, -0.05) is 15.9 Å². The third kappa shape index (κ3) is 4.53. The van der Waals surface area contributed by atoms with Gasteiger partial charge in [-0.2, -0.15) is 0 Å². The van der Waals surface area contributed by atoms with Crippen LogP contribution in [-0.4, -0.2) is 24.3 Å². The molecule has 4 nitrogen and oxygen atoms in total. The number of hydrogen-bond acceptors (Lipinski definition) is 3. The Morgan fingerprint density at radius 2 is 1.94 bits per heavy atom. The molecule has 0 aliphatic rings. The molecular formula is C11H13BrO4. The van der Waals surface area contributed by atoms with Crippen LogP contribution in [0.5, 0.6) is 11.5 Å². The maximum Gasteiger partial charge on any atom is 0.306 e. The number of halogens is 1. The Hall–Kier alpha value is -1.23. The molecule has 5 heteroatoms. The molecule has 0 fully saturated rings. The first-order chi connectivity index (χ1) is 7.61. The molecule has 0 atom stereocenters. The highest BCUT2D eigenvalue weighted by Crippen LogP contribution is 2.26. The van der Waals surface area contributed by atoms with Crippen molar-refractivity contribution in [2.75, 3.05) is 13.2 Å². The lowest BCUT2D eigenvalue weighted by Gasteiger charge is -2.08. The van der Waals surface area contributed by atoms with Crippen LogP contribution in [-0.2, 0) is 4.79 Å². The van der Waals surface area contributed by atoms with Crippen LogP contribution < -0.4 is 9.47 Å². The molecular weight excluding hydrogens is 276 g/mol. The number of carboxylic acids is 1. The van der Waals surface area contributed by atoms with Gasteiger partial charge in [-0.25, -0.2) is 0 Å². The van der Waals surface area contributed by atoms with Gasteiger partial charge in [0.25, 0.3) is 0 Å². The van der Waals surface area contributed by atoms with E-state index in [1.165, 1.54) is 0 Å². The van der Waals surface area contributed by atoms with E-state index >= 15 is 0 Å². The number of benzene rings is 1. The van der Waals surface area contributed by atoms with Crippen LogP contribution in [0.3, 0.4) is 0 Å². The van der Waals surface area contributed by atoms with Crippen molar-refractivity contribution in [2.24, 2.45) is 0 Å². The first-order valence-corrected chi connectivity index (χ1v) is 5.69. The average Bonchev–Trinajstić information content (AvgIpc) is 2.16. The Morgan fingerprint density at radius 3 is 2.50 bits per heavy atom. The van der Waals surface area contributed by atoms with E-state index in [1.54, 1.807) is 12.1 Å². The Bertz CT molecular complexity index is 365. The first kappa shape index (κ1) is 12.8. The Balaban J connectivity index is 2.61. The maximum absolute atomic E-state index is 10.3. The normalized spacial score (nSPS) is 9.88. The summed E-state index contributed by atoms with van der Waals surface area (Å²) in [6.07, 6.45) is -0.0174. The molecule has 0 saturated carbocycles. The zero-order valence-electron chi connectivity index (χ0n) is 8.90. The van der Waals surface area contributed by atoms with Crippen molar-refractivity contribution in [3.05, 3.63) is 22.7 Å². The highest BCUT2D eigenvalue weighted by atomic mass is 79.9. The van der Waals surface area contributed by atoms with Crippen LogP contribution in [0.15, 0.2) is 22.7 Å². The van der Waals surface area contributed by atoms with Crippen molar-refractivity contribution in [1.29, 1.82) is 0 Å². The third-order valence-corrected chi connectivity index (χ3v) is 2.20. The van der Waals surface area contributed by atoms with Gasteiger partial charge in [0.05, 0.1) is 19.6 Å². The van der Waals surface area contributed by atoms with Crippen LogP contribution in [0.25, 0.3) is 0 Å². The number of aliphatic carboxylic acids is 1. The first-order valence-electron chi connectivity index (χ1n) is 4.90. The molecule has 1 aromatic carbocycles. The van der Waals surface area contributed by atoms with Crippen LogP contribution in [0.1, 0.15) is 13.3 Å². The van der Waals surface area contributed by atoms with Gasteiger partial charge in [-0.05, 0) is 19.1 Å². The molecule has 0 radical (unpaired) electrons. The minimum absolute atomic E-state index is 0.0174. The monoisotopic (exact) mass is 288 g/mol. The molecule has 0 spiro atoms. The van der Waals surface area contributed by atoms with E-state index in [0.717, 1.165) is 4.47 Å². The third-order valence-electron chi connectivity index (χ3n) is 1.74. The lowest BCUT2D eigenvalue weighted by atomic mass is 10.3. The van der Waals surface area contributed by atoms with Crippen molar-refractivity contribution in [3.8, 4) is 11.5 Å². The second-order valence-corrected chi connectivity index (χ2v) is 3.96. The number of rotatable bonds is 6. The minimum atomic E-state index is -0.875. The van der Waals surface area contributed by atoms with Gasteiger partial charge in [0.1, 0.15) is 11.5 Å². The van der Waals surface area contributed by atoms with Crippen LogP contribution in [0, 0.1) is 0 Å². The summed E-state index contributed by atoms with van der Waals surface area (Å²) in [5.41, 5.74) is 0. The van der Waals surface area contributed by atoms with Gasteiger partial charge in [0.2, 0.25) is 0 Å². The number of carbonyl (C=O) groups is 1. The highest BCUT2D eigenvalue weighted by molar-refractivity contribution is 9.10.